The average molecular weight is 543 g/mol. The molecule has 3 aromatic carbocycles. The number of sulfone groups is 1. The molecule has 34 heavy (non-hydrogen) atoms. The molecule has 0 aromatic heterocycles. The monoisotopic (exact) mass is 542 g/mol. The lowest BCUT2D eigenvalue weighted by molar-refractivity contribution is -0.384. The zero-order valence-corrected chi connectivity index (χ0v) is 20.3. The lowest BCUT2D eigenvalue weighted by Gasteiger charge is -2.23. The molecule has 0 saturated carbocycles. The summed E-state index contributed by atoms with van der Waals surface area (Å²) in [7, 11) is -4.23. The molecule has 1 saturated heterocycles. The van der Waals surface area contributed by atoms with Crippen LogP contribution in [0, 0.1) is 10.1 Å². The van der Waals surface area contributed by atoms with Crippen molar-refractivity contribution in [2.45, 2.75) is 12.3 Å². The van der Waals surface area contributed by atoms with Crippen LogP contribution in [0.3, 0.4) is 0 Å². The number of anilines is 1. The predicted octanol–water partition coefficient (Wildman–Crippen LogP) is 5.26. The van der Waals surface area contributed by atoms with E-state index in [-0.39, 0.29) is 16.2 Å². The second-order valence-corrected chi connectivity index (χ2v) is 10.3. The molecule has 3 aromatic rings. The highest BCUT2D eigenvalue weighted by atomic mass is 79.9. The second kappa shape index (κ2) is 9.40. The largest absolute Gasteiger partial charge is 0.494 e. The number of ether oxygens (including phenoxy) is 1. The number of amides is 1. The Labute approximate surface area is 204 Å². The molecule has 4 rings (SSSR count). The maximum Gasteiger partial charge on any atom is 0.271 e. The Morgan fingerprint density at radius 2 is 1.76 bits per heavy atom. The van der Waals surface area contributed by atoms with Crippen LogP contribution in [0.25, 0.3) is 6.08 Å². The van der Waals surface area contributed by atoms with E-state index in [4.69, 9.17) is 4.74 Å². The van der Waals surface area contributed by atoms with Crippen molar-refractivity contribution in [3.8, 4) is 5.75 Å². The summed E-state index contributed by atoms with van der Waals surface area (Å²) in [6.07, 6.45) is 1.32. The lowest BCUT2D eigenvalue weighted by atomic mass is 10.1. The highest BCUT2D eigenvalue weighted by Crippen LogP contribution is 2.44. The van der Waals surface area contributed by atoms with Gasteiger partial charge in [-0.25, -0.2) is 8.42 Å². The van der Waals surface area contributed by atoms with Gasteiger partial charge in [-0.2, -0.15) is 0 Å². The number of carbonyl (C=O) groups excluding carboxylic acids is 1. The van der Waals surface area contributed by atoms with Crippen LogP contribution in [0.5, 0.6) is 5.75 Å². The van der Waals surface area contributed by atoms with E-state index in [0.29, 0.717) is 23.6 Å². The molecule has 174 valence electrons. The molecule has 10 heteroatoms. The number of carbonyl (C=O) groups is 1. The number of benzene rings is 3. The van der Waals surface area contributed by atoms with Gasteiger partial charge < -0.3 is 4.74 Å². The number of halogens is 1. The fraction of sp³-hybridized carbons (Fsp3) is 0.125. The summed E-state index contributed by atoms with van der Waals surface area (Å²) in [5.41, 5.74) is 0.710. The first-order valence-electron chi connectivity index (χ1n) is 10.2. The maximum absolute atomic E-state index is 13.7. The molecule has 1 fully saturated rings. The van der Waals surface area contributed by atoms with Gasteiger partial charge in [-0.05, 0) is 60.5 Å². The predicted molar refractivity (Wildman–Crippen MR) is 132 cm³/mol. The van der Waals surface area contributed by atoms with Crippen LogP contribution in [-0.2, 0) is 14.6 Å². The summed E-state index contributed by atoms with van der Waals surface area (Å²) >= 11 is 3.33. The summed E-state index contributed by atoms with van der Waals surface area (Å²) in [5.74, 6) is -0.151. The Morgan fingerprint density at radius 1 is 1.09 bits per heavy atom. The molecule has 1 atom stereocenters. The van der Waals surface area contributed by atoms with Gasteiger partial charge in [0.15, 0.2) is 5.37 Å². The van der Waals surface area contributed by atoms with E-state index in [2.05, 4.69) is 15.9 Å². The minimum Gasteiger partial charge on any atom is -0.494 e. The molecule has 1 heterocycles. The van der Waals surface area contributed by atoms with Gasteiger partial charge in [0.25, 0.3) is 11.6 Å². The number of hydrogen-bond acceptors (Lipinski definition) is 6. The van der Waals surface area contributed by atoms with Crippen LogP contribution in [-0.4, -0.2) is 25.9 Å². The summed E-state index contributed by atoms with van der Waals surface area (Å²) < 4.78 is 33.6. The molecule has 0 N–H and O–H groups in total. The van der Waals surface area contributed by atoms with Crippen molar-refractivity contribution >= 4 is 49.1 Å². The Hall–Kier alpha value is -3.50. The number of nitrogens with zero attached hydrogens (tertiary/aromatic N) is 2. The first-order valence-corrected chi connectivity index (χ1v) is 12.6. The quantitative estimate of drug-likeness (QED) is 0.239. The third kappa shape index (κ3) is 4.46. The van der Waals surface area contributed by atoms with Gasteiger partial charge in [0.1, 0.15) is 10.7 Å². The number of nitro groups is 1. The van der Waals surface area contributed by atoms with Crippen molar-refractivity contribution in [3.63, 3.8) is 0 Å². The van der Waals surface area contributed by atoms with Crippen molar-refractivity contribution in [1.29, 1.82) is 0 Å². The van der Waals surface area contributed by atoms with Crippen LogP contribution < -0.4 is 9.64 Å². The topological polar surface area (TPSA) is 107 Å². The van der Waals surface area contributed by atoms with E-state index in [1.165, 1.54) is 30.3 Å². The molecule has 0 spiro atoms. The van der Waals surface area contributed by atoms with E-state index in [0.717, 1.165) is 9.37 Å². The molecular weight excluding hydrogens is 524 g/mol. The Kier molecular flexibility index (Phi) is 6.54. The summed E-state index contributed by atoms with van der Waals surface area (Å²) in [6.45, 7) is 2.29. The summed E-state index contributed by atoms with van der Waals surface area (Å²) in [6, 6.07) is 18.6. The van der Waals surface area contributed by atoms with Crippen LogP contribution in [0.4, 0.5) is 11.4 Å². The van der Waals surface area contributed by atoms with Crippen molar-refractivity contribution < 1.29 is 22.9 Å². The second-order valence-electron chi connectivity index (χ2n) is 7.41. The number of hydrogen-bond donors (Lipinski definition) is 0. The molecule has 0 radical (unpaired) electrons. The van der Waals surface area contributed by atoms with Gasteiger partial charge in [-0.1, -0.05) is 40.2 Å². The van der Waals surface area contributed by atoms with Gasteiger partial charge in [0.05, 0.1) is 11.5 Å². The number of non-ortho nitro benzene ring substituents is 1. The first kappa shape index (κ1) is 23.7. The Bertz CT molecular complexity index is 1390. The standard InChI is InChI=1S/C24H19BrN2O6S/c1-2-33-21-12-10-19(11-13-21)26-23(28)22(14-16-6-8-18(25)9-7-16)34(31,32)24(26)17-4-3-5-20(15-17)27(29)30/h3-15,24H,2H2,1H3/b22-14+. The molecule has 0 bridgehead atoms. The Balaban J connectivity index is 1.89. The zero-order chi connectivity index (χ0) is 24.5. The van der Waals surface area contributed by atoms with E-state index in [9.17, 15) is 23.3 Å². The van der Waals surface area contributed by atoms with Crippen molar-refractivity contribution in [3.05, 3.63) is 103 Å². The van der Waals surface area contributed by atoms with Gasteiger partial charge in [-0.15, -0.1) is 0 Å². The van der Waals surface area contributed by atoms with Gasteiger partial charge in [0, 0.05) is 22.3 Å². The molecule has 8 nitrogen and oxygen atoms in total. The Morgan fingerprint density at radius 3 is 2.38 bits per heavy atom. The smallest absolute Gasteiger partial charge is 0.271 e. The van der Waals surface area contributed by atoms with Crippen LogP contribution in [0.15, 0.2) is 82.2 Å². The van der Waals surface area contributed by atoms with Crippen molar-refractivity contribution in [2.24, 2.45) is 0 Å². The third-order valence-corrected chi connectivity index (χ3v) is 7.73. The third-order valence-electron chi connectivity index (χ3n) is 5.22. The molecule has 1 unspecified atom stereocenters. The number of rotatable bonds is 6. The molecular formula is C24H19BrN2O6S. The normalized spacial score (nSPS) is 18.3. The fourth-order valence-electron chi connectivity index (χ4n) is 3.70. The van der Waals surface area contributed by atoms with E-state index in [1.807, 2.05) is 6.92 Å². The van der Waals surface area contributed by atoms with Gasteiger partial charge >= 0.3 is 0 Å². The van der Waals surface area contributed by atoms with Crippen LogP contribution in [0.1, 0.15) is 23.4 Å². The minimum absolute atomic E-state index is 0.121. The SMILES string of the molecule is CCOc1ccc(N2C(=O)/C(=C\c3ccc(Br)cc3)S(=O)(=O)C2c2cccc([N+](=O)[O-])c2)cc1. The van der Waals surface area contributed by atoms with Crippen LogP contribution in [0.2, 0.25) is 0 Å². The molecule has 1 amide bonds. The molecule has 1 aliphatic heterocycles. The van der Waals surface area contributed by atoms with Crippen molar-refractivity contribution in [1.82, 2.24) is 0 Å². The first-order chi connectivity index (χ1) is 16.2. The highest BCUT2D eigenvalue weighted by Gasteiger charge is 2.50. The number of nitro benzene ring substituents is 1. The molecule has 1 aliphatic rings. The van der Waals surface area contributed by atoms with Crippen molar-refractivity contribution in [2.75, 3.05) is 11.5 Å². The lowest BCUT2D eigenvalue weighted by Crippen LogP contribution is -2.29. The summed E-state index contributed by atoms with van der Waals surface area (Å²) in [4.78, 5) is 25.0. The van der Waals surface area contributed by atoms with Gasteiger partial charge in [0.2, 0.25) is 9.84 Å². The fourth-order valence-corrected chi connectivity index (χ4v) is 5.85. The van der Waals surface area contributed by atoms with E-state index < -0.39 is 26.0 Å². The summed E-state index contributed by atoms with van der Waals surface area (Å²) in [5, 5.41) is 9.86. The van der Waals surface area contributed by atoms with E-state index >= 15 is 0 Å². The maximum atomic E-state index is 13.7. The van der Waals surface area contributed by atoms with E-state index in [1.54, 1.807) is 48.5 Å². The minimum atomic E-state index is -4.23. The highest BCUT2D eigenvalue weighted by molar-refractivity contribution is 9.10. The molecule has 0 aliphatic carbocycles. The average Bonchev–Trinajstić information content (AvgIpc) is 3.01. The van der Waals surface area contributed by atoms with Gasteiger partial charge in [-0.3, -0.25) is 19.8 Å². The zero-order valence-electron chi connectivity index (χ0n) is 17.9. The van der Waals surface area contributed by atoms with Crippen LogP contribution >= 0.6 is 15.9 Å².